The van der Waals surface area contributed by atoms with Gasteiger partial charge in [0.05, 0.1) is 0 Å². The molecule has 0 aliphatic heterocycles. The van der Waals surface area contributed by atoms with Gasteiger partial charge in [0.15, 0.2) is 0 Å². The Bertz CT molecular complexity index is 168. The molecule has 2 N–H and O–H groups in total. The third-order valence-corrected chi connectivity index (χ3v) is 1.47. The van der Waals surface area contributed by atoms with Gasteiger partial charge in [-0.15, -0.1) is 23.2 Å². The van der Waals surface area contributed by atoms with Crippen molar-refractivity contribution in [2.24, 2.45) is 0 Å². The van der Waals surface area contributed by atoms with E-state index in [4.69, 9.17) is 23.2 Å². The Kier molecular flexibility index (Phi) is 5.01. The van der Waals surface area contributed by atoms with E-state index in [1.54, 1.807) is 0 Å². The molecule has 12 heavy (non-hydrogen) atoms. The van der Waals surface area contributed by atoms with Gasteiger partial charge in [-0.2, -0.15) is 0 Å². The number of carbonyl (C=O) groups excluding carboxylic acids is 2. The molecule has 0 aromatic heterocycles. The highest BCUT2D eigenvalue weighted by atomic mass is 35.5. The highest BCUT2D eigenvalue weighted by Gasteiger charge is 2.17. The molecule has 6 heteroatoms. The summed E-state index contributed by atoms with van der Waals surface area (Å²) in [4.78, 5) is 20.3. The highest BCUT2D eigenvalue weighted by Crippen LogP contribution is 2.05. The molecule has 0 bridgehead atoms. The number of nitrogens with one attached hydrogen (secondary N) is 2. The molecule has 0 radical (unpaired) electrons. The molecule has 0 saturated heterocycles. The summed E-state index contributed by atoms with van der Waals surface area (Å²) in [5.74, 6) is -0.611. The minimum Gasteiger partial charge on any atom is -0.334 e. The number of halogens is 2. The van der Waals surface area contributed by atoms with E-state index >= 15 is 0 Å². The molecule has 0 fully saturated rings. The van der Waals surface area contributed by atoms with Crippen LogP contribution in [0, 0.1) is 0 Å². The lowest BCUT2D eigenvalue weighted by Gasteiger charge is -2.18. The molecule has 4 nitrogen and oxygen atoms in total. The van der Waals surface area contributed by atoms with Crippen LogP contribution in [0.15, 0.2) is 0 Å². The number of amides is 2. The molecule has 0 aliphatic carbocycles. The fourth-order valence-electron chi connectivity index (χ4n) is 0.600. The third-order valence-electron chi connectivity index (χ3n) is 0.970. The van der Waals surface area contributed by atoms with Crippen molar-refractivity contribution in [3.8, 4) is 0 Å². The first kappa shape index (κ1) is 11.5. The summed E-state index contributed by atoms with van der Waals surface area (Å²) in [6.45, 7) is 2.62. The van der Waals surface area contributed by atoms with E-state index in [1.807, 2.05) is 0 Å². The van der Waals surface area contributed by atoms with Crippen molar-refractivity contribution in [2.45, 2.75) is 24.8 Å². The second kappa shape index (κ2) is 5.22. The molecule has 0 saturated carbocycles. The van der Waals surface area contributed by atoms with E-state index in [0.717, 1.165) is 0 Å². The first-order valence-corrected chi connectivity index (χ1v) is 4.13. The smallest absolute Gasteiger partial charge is 0.218 e. The van der Waals surface area contributed by atoms with Crippen LogP contribution in [0.3, 0.4) is 0 Å². The monoisotopic (exact) mass is 212 g/mol. The first-order chi connectivity index (χ1) is 5.43. The number of alkyl halides is 2. The lowest BCUT2D eigenvalue weighted by molar-refractivity contribution is -0.122. The van der Waals surface area contributed by atoms with Crippen molar-refractivity contribution < 1.29 is 9.59 Å². The molecule has 2 amide bonds. The van der Waals surface area contributed by atoms with Gasteiger partial charge in [-0.05, 0) is 0 Å². The number of hydrogen-bond acceptors (Lipinski definition) is 2. The summed E-state index contributed by atoms with van der Waals surface area (Å²) in [6, 6.07) is 0. The second-order valence-electron chi connectivity index (χ2n) is 2.21. The van der Waals surface area contributed by atoms with Crippen LogP contribution in [0.1, 0.15) is 13.8 Å². The maximum atomic E-state index is 10.6. The largest absolute Gasteiger partial charge is 0.334 e. The van der Waals surface area contributed by atoms with Gasteiger partial charge in [0.2, 0.25) is 11.8 Å². The van der Waals surface area contributed by atoms with Gasteiger partial charge in [0, 0.05) is 13.8 Å². The number of carbonyl (C=O) groups is 2. The normalized spacial score (nSPS) is 10.2. The predicted molar refractivity (Wildman–Crippen MR) is 46.9 cm³/mol. The molecule has 0 unspecified atom stereocenters. The summed E-state index contributed by atoms with van der Waals surface area (Å²) in [7, 11) is 0. The average molecular weight is 213 g/mol. The number of rotatable bonds is 3. The minimum atomic E-state index is -0.863. The van der Waals surface area contributed by atoms with E-state index in [1.165, 1.54) is 13.8 Å². The fraction of sp³-hybridized carbons (Fsp3) is 0.667. The Morgan fingerprint density at radius 3 is 1.58 bits per heavy atom. The zero-order valence-electron chi connectivity index (χ0n) is 6.73. The molecule has 0 aliphatic rings. The van der Waals surface area contributed by atoms with E-state index in [0.29, 0.717) is 0 Å². The Balaban J connectivity index is 4.04. The van der Waals surface area contributed by atoms with Gasteiger partial charge in [-0.25, -0.2) is 0 Å². The van der Waals surface area contributed by atoms with Crippen LogP contribution in [0.25, 0.3) is 0 Å². The van der Waals surface area contributed by atoms with E-state index < -0.39 is 11.0 Å². The van der Waals surface area contributed by atoms with Crippen molar-refractivity contribution in [3.63, 3.8) is 0 Å². The van der Waals surface area contributed by atoms with Crippen LogP contribution in [-0.2, 0) is 9.59 Å². The Morgan fingerprint density at radius 2 is 1.42 bits per heavy atom. The van der Waals surface area contributed by atoms with Crippen LogP contribution >= 0.6 is 23.2 Å². The Hall–Kier alpha value is -0.480. The van der Waals surface area contributed by atoms with Gasteiger partial charge in [0.25, 0.3) is 0 Å². The van der Waals surface area contributed by atoms with Crippen LogP contribution in [-0.4, -0.2) is 22.8 Å². The second-order valence-corrected chi connectivity index (χ2v) is 3.38. The van der Waals surface area contributed by atoms with E-state index in [-0.39, 0.29) is 11.8 Å². The maximum Gasteiger partial charge on any atom is 0.218 e. The standard InChI is InChI=1S/C6H10Cl2N2O2/c1-3(11)9-6(5(7)8)10-4(2)12/h5-6H,1-2H3,(H,9,11)(H,10,12). The summed E-state index contributed by atoms with van der Waals surface area (Å²) in [5.41, 5.74) is 0. The minimum absolute atomic E-state index is 0.306. The number of hydrogen-bond donors (Lipinski definition) is 2. The molecule has 0 aromatic rings. The molecular weight excluding hydrogens is 203 g/mol. The lowest BCUT2D eigenvalue weighted by Crippen LogP contribution is -2.50. The van der Waals surface area contributed by atoms with Gasteiger partial charge in [-0.3, -0.25) is 9.59 Å². The molecule has 0 rings (SSSR count). The van der Waals surface area contributed by atoms with Gasteiger partial charge >= 0.3 is 0 Å². The van der Waals surface area contributed by atoms with Crippen molar-refractivity contribution >= 4 is 35.0 Å². The zero-order chi connectivity index (χ0) is 9.72. The summed E-state index contributed by atoms with van der Waals surface area (Å²) in [5, 5.41) is 4.75. The third kappa shape index (κ3) is 5.21. The average Bonchev–Trinajstić information content (AvgIpc) is 1.83. The fourth-order valence-corrected chi connectivity index (χ4v) is 0.852. The van der Waals surface area contributed by atoms with Crippen LogP contribution in [0.2, 0.25) is 0 Å². The van der Waals surface area contributed by atoms with Crippen LogP contribution in [0.5, 0.6) is 0 Å². The zero-order valence-corrected chi connectivity index (χ0v) is 8.24. The molecule has 0 atom stereocenters. The predicted octanol–water partition coefficient (Wildman–Crippen LogP) is 0.388. The van der Waals surface area contributed by atoms with Crippen molar-refractivity contribution in [1.82, 2.24) is 10.6 Å². The van der Waals surface area contributed by atoms with Gasteiger partial charge in [0.1, 0.15) is 11.0 Å². The summed E-state index contributed by atoms with van der Waals surface area (Å²) < 4.78 is 0. The van der Waals surface area contributed by atoms with Crippen LogP contribution in [0.4, 0.5) is 0 Å². The Labute approximate surface area is 80.6 Å². The molecule has 70 valence electrons. The van der Waals surface area contributed by atoms with Gasteiger partial charge in [-0.1, -0.05) is 0 Å². The highest BCUT2D eigenvalue weighted by molar-refractivity contribution is 6.44. The summed E-state index contributed by atoms with van der Waals surface area (Å²) in [6.07, 6.45) is -0.733. The quantitative estimate of drug-likeness (QED) is 0.526. The first-order valence-electron chi connectivity index (χ1n) is 3.26. The van der Waals surface area contributed by atoms with E-state index in [2.05, 4.69) is 10.6 Å². The van der Waals surface area contributed by atoms with Gasteiger partial charge < -0.3 is 10.6 Å². The molecule has 0 heterocycles. The topological polar surface area (TPSA) is 58.2 Å². The van der Waals surface area contributed by atoms with Crippen molar-refractivity contribution in [1.29, 1.82) is 0 Å². The molecule has 0 spiro atoms. The van der Waals surface area contributed by atoms with Crippen molar-refractivity contribution in [3.05, 3.63) is 0 Å². The van der Waals surface area contributed by atoms with E-state index in [9.17, 15) is 9.59 Å². The SMILES string of the molecule is CC(=O)NC(NC(C)=O)C(Cl)Cl. The summed E-state index contributed by atoms with van der Waals surface area (Å²) >= 11 is 10.9. The maximum absolute atomic E-state index is 10.6. The molecule has 0 aromatic carbocycles. The Morgan fingerprint density at radius 1 is 1.08 bits per heavy atom. The van der Waals surface area contributed by atoms with Crippen LogP contribution < -0.4 is 10.6 Å². The van der Waals surface area contributed by atoms with Crippen molar-refractivity contribution in [2.75, 3.05) is 0 Å². The lowest BCUT2D eigenvalue weighted by atomic mass is 10.5. The molecular formula is C6H10Cl2N2O2.